The average Bonchev–Trinajstić information content (AvgIpc) is 3.05. The largest absolute Gasteiger partial charge is 0.573 e. The van der Waals surface area contributed by atoms with Crippen LogP contribution in [-0.4, -0.2) is 41.7 Å². The Kier molecular flexibility index (Phi) is 5.68. The predicted molar refractivity (Wildman–Crippen MR) is 109 cm³/mol. The number of alkyl halides is 3. The topological polar surface area (TPSA) is 78.0 Å². The molecular formula is C21H21F4N5O2. The van der Waals surface area contributed by atoms with Crippen LogP contribution in [0.2, 0.25) is 0 Å². The van der Waals surface area contributed by atoms with Crippen LogP contribution in [-0.2, 0) is 4.79 Å². The second kappa shape index (κ2) is 8.30. The molecule has 1 amide bonds. The summed E-state index contributed by atoms with van der Waals surface area (Å²) < 4.78 is 56.8. The highest BCUT2D eigenvalue weighted by molar-refractivity contribution is 6.03. The zero-order chi connectivity index (χ0) is 23.0. The van der Waals surface area contributed by atoms with Gasteiger partial charge in [-0.25, -0.2) is 9.82 Å². The van der Waals surface area contributed by atoms with E-state index in [1.165, 1.54) is 29.3 Å². The van der Waals surface area contributed by atoms with E-state index >= 15 is 0 Å². The summed E-state index contributed by atoms with van der Waals surface area (Å²) in [5, 5.41) is 6.80. The van der Waals surface area contributed by atoms with Gasteiger partial charge in [0.25, 0.3) is 5.91 Å². The zero-order valence-corrected chi connectivity index (χ0v) is 17.2. The molecule has 0 spiro atoms. The Morgan fingerprint density at radius 2 is 2.06 bits per heavy atom. The molecule has 0 bridgehead atoms. The summed E-state index contributed by atoms with van der Waals surface area (Å²) in [6.07, 6.45) is -0.453. The fourth-order valence-corrected chi connectivity index (χ4v) is 3.87. The third-order valence-corrected chi connectivity index (χ3v) is 5.25. The molecule has 3 atom stereocenters. The molecule has 3 unspecified atom stereocenters. The lowest BCUT2D eigenvalue weighted by Gasteiger charge is -2.36. The first-order chi connectivity index (χ1) is 15.1. The number of aliphatic imine (C=N–C) groups is 1. The number of hydrogen-bond donors (Lipinski definition) is 3. The van der Waals surface area contributed by atoms with Crippen molar-refractivity contribution < 1.29 is 27.1 Å². The van der Waals surface area contributed by atoms with Gasteiger partial charge in [-0.3, -0.25) is 14.8 Å². The second-order valence-corrected chi connectivity index (χ2v) is 7.56. The Balaban J connectivity index is 1.60. The Labute approximate surface area is 181 Å². The van der Waals surface area contributed by atoms with Crippen LogP contribution in [0.15, 0.2) is 64.7 Å². The van der Waals surface area contributed by atoms with E-state index in [2.05, 4.69) is 25.8 Å². The Hall–Kier alpha value is -3.34. The predicted octanol–water partition coefficient (Wildman–Crippen LogP) is 2.98. The number of amides is 1. The molecule has 1 aromatic rings. The van der Waals surface area contributed by atoms with Crippen molar-refractivity contribution in [1.29, 1.82) is 0 Å². The molecule has 3 heterocycles. The zero-order valence-electron chi connectivity index (χ0n) is 17.2. The SMILES string of the molecule is CC1=CC(c2ccccc2OC(F)(F)F)NN2C1=NC(C)C2C(=O)NC1=CCNC=C1F. The number of hydrogen-bond acceptors (Lipinski definition) is 6. The smallest absolute Gasteiger partial charge is 0.405 e. The maximum atomic E-state index is 14.0. The minimum absolute atomic E-state index is 0.0548. The molecule has 0 radical (unpaired) electrons. The quantitative estimate of drug-likeness (QED) is 0.614. The summed E-state index contributed by atoms with van der Waals surface area (Å²) in [7, 11) is 0. The van der Waals surface area contributed by atoms with Crippen LogP contribution >= 0.6 is 0 Å². The molecule has 0 saturated carbocycles. The number of para-hydroxylation sites is 1. The molecule has 11 heteroatoms. The standard InChI is InChI=1S/C21H21F4N5O2/c1-11-9-16(13-5-3-4-6-17(13)32-21(23,24)25)29-30-18(12(2)27-19(11)30)20(31)28-15-7-8-26-10-14(15)22/h3-7,9-10,12,16,18,26,29H,8H2,1-2H3,(H,28,31). The number of fused-ring (bicyclic) bond motifs is 1. The summed E-state index contributed by atoms with van der Waals surface area (Å²) in [5.41, 5.74) is 4.06. The average molecular weight is 451 g/mol. The first kappa shape index (κ1) is 21.9. The molecule has 0 saturated heterocycles. The van der Waals surface area contributed by atoms with Crippen molar-refractivity contribution in [3.05, 3.63) is 65.3 Å². The van der Waals surface area contributed by atoms with Gasteiger partial charge in [0.1, 0.15) is 17.6 Å². The molecule has 170 valence electrons. The maximum Gasteiger partial charge on any atom is 0.573 e. The molecule has 0 aromatic heterocycles. The Morgan fingerprint density at radius 3 is 2.78 bits per heavy atom. The molecule has 7 nitrogen and oxygen atoms in total. The number of ether oxygens (including phenoxy) is 1. The molecular weight excluding hydrogens is 430 g/mol. The number of dihydropyridines is 1. The van der Waals surface area contributed by atoms with Crippen molar-refractivity contribution in [3.63, 3.8) is 0 Å². The van der Waals surface area contributed by atoms with Gasteiger partial charge < -0.3 is 15.4 Å². The van der Waals surface area contributed by atoms with Crippen LogP contribution in [0.3, 0.4) is 0 Å². The van der Waals surface area contributed by atoms with Gasteiger partial charge in [0.2, 0.25) is 0 Å². The number of carbonyl (C=O) groups excluding carboxylic acids is 1. The number of allylic oxidation sites excluding steroid dienone is 1. The minimum atomic E-state index is -4.85. The van der Waals surface area contributed by atoms with E-state index in [9.17, 15) is 22.4 Å². The highest BCUT2D eigenvalue weighted by atomic mass is 19.4. The number of halogens is 4. The summed E-state index contributed by atoms with van der Waals surface area (Å²) in [6.45, 7) is 3.87. The molecule has 32 heavy (non-hydrogen) atoms. The van der Waals surface area contributed by atoms with E-state index in [4.69, 9.17) is 0 Å². The van der Waals surface area contributed by atoms with E-state index in [-0.39, 0.29) is 17.0 Å². The lowest BCUT2D eigenvalue weighted by atomic mass is 10.0. The van der Waals surface area contributed by atoms with Crippen molar-refractivity contribution in [2.75, 3.05) is 6.54 Å². The van der Waals surface area contributed by atoms with Crippen LogP contribution in [0.25, 0.3) is 0 Å². The van der Waals surface area contributed by atoms with E-state index in [0.717, 1.165) is 6.20 Å². The number of nitrogens with one attached hydrogen (secondary N) is 3. The van der Waals surface area contributed by atoms with Crippen LogP contribution in [0.1, 0.15) is 25.5 Å². The highest BCUT2D eigenvalue weighted by Gasteiger charge is 2.43. The number of benzene rings is 1. The van der Waals surface area contributed by atoms with E-state index in [1.807, 2.05) is 0 Å². The molecule has 3 aliphatic rings. The van der Waals surface area contributed by atoms with Crippen molar-refractivity contribution in [2.24, 2.45) is 4.99 Å². The lowest BCUT2D eigenvalue weighted by Crippen LogP contribution is -2.57. The van der Waals surface area contributed by atoms with Gasteiger partial charge in [0.15, 0.2) is 5.83 Å². The molecule has 3 aliphatic heterocycles. The van der Waals surface area contributed by atoms with Crippen LogP contribution < -0.4 is 20.8 Å². The molecule has 4 rings (SSSR count). The van der Waals surface area contributed by atoms with Gasteiger partial charge in [-0.2, -0.15) is 0 Å². The molecule has 1 aromatic carbocycles. The normalized spacial score (nSPS) is 25.1. The summed E-state index contributed by atoms with van der Waals surface area (Å²) >= 11 is 0. The van der Waals surface area contributed by atoms with Gasteiger partial charge in [0.05, 0.1) is 17.8 Å². The van der Waals surface area contributed by atoms with Gasteiger partial charge in [-0.1, -0.05) is 24.3 Å². The maximum absolute atomic E-state index is 14.0. The first-order valence-electron chi connectivity index (χ1n) is 9.91. The lowest BCUT2D eigenvalue weighted by molar-refractivity contribution is -0.275. The fourth-order valence-electron chi connectivity index (χ4n) is 3.87. The Bertz CT molecular complexity index is 1050. The molecule has 0 fully saturated rings. The van der Waals surface area contributed by atoms with Crippen LogP contribution in [0.5, 0.6) is 5.75 Å². The van der Waals surface area contributed by atoms with E-state index in [0.29, 0.717) is 18.0 Å². The summed E-state index contributed by atoms with van der Waals surface area (Å²) in [4.78, 5) is 17.5. The van der Waals surface area contributed by atoms with E-state index < -0.39 is 36.2 Å². The number of nitrogens with zero attached hydrogens (tertiary/aromatic N) is 2. The van der Waals surface area contributed by atoms with Gasteiger partial charge in [-0.05, 0) is 31.6 Å². The molecule has 0 aliphatic carbocycles. The van der Waals surface area contributed by atoms with Crippen molar-refractivity contribution in [2.45, 2.75) is 38.3 Å². The van der Waals surface area contributed by atoms with E-state index in [1.54, 1.807) is 26.0 Å². The van der Waals surface area contributed by atoms with Crippen molar-refractivity contribution >= 4 is 11.7 Å². The number of carbonyl (C=O) groups is 1. The highest BCUT2D eigenvalue weighted by Crippen LogP contribution is 2.35. The summed E-state index contributed by atoms with van der Waals surface area (Å²) in [5.74, 6) is -0.940. The fraction of sp³-hybridized carbons (Fsp3) is 0.333. The third kappa shape index (κ3) is 4.33. The molecule has 3 N–H and O–H groups in total. The number of hydrazine groups is 1. The summed E-state index contributed by atoms with van der Waals surface area (Å²) in [6, 6.07) is 3.77. The second-order valence-electron chi connectivity index (χ2n) is 7.56. The van der Waals surface area contributed by atoms with Gasteiger partial charge in [0, 0.05) is 18.3 Å². The van der Waals surface area contributed by atoms with Gasteiger partial charge in [-0.15, -0.1) is 13.2 Å². The van der Waals surface area contributed by atoms with Crippen molar-refractivity contribution in [3.8, 4) is 5.75 Å². The van der Waals surface area contributed by atoms with Crippen LogP contribution in [0.4, 0.5) is 17.6 Å². The van der Waals surface area contributed by atoms with Crippen molar-refractivity contribution in [1.82, 2.24) is 21.1 Å². The van der Waals surface area contributed by atoms with Gasteiger partial charge >= 0.3 is 6.36 Å². The number of amidine groups is 1. The first-order valence-corrected chi connectivity index (χ1v) is 9.91. The monoisotopic (exact) mass is 451 g/mol. The third-order valence-electron chi connectivity index (χ3n) is 5.25. The van der Waals surface area contributed by atoms with Crippen LogP contribution in [0, 0.1) is 0 Å². The number of rotatable bonds is 4. The minimum Gasteiger partial charge on any atom is -0.405 e. The Morgan fingerprint density at radius 1 is 1.31 bits per heavy atom.